The molecule has 2 fully saturated rings. The molecule has 0 radical (unpaired) electrons. The molecule has 0 atom stereocenters. The number of thioether (sulfide) groups is 1. The second-order valence-corrected chi connectivity index (χ2v) is 8.60. The average Bonchev–Trinajstić information content (AvgIpc) is 2.69. The summed E-state index contributed by atoms with van der Waals surface area (Å²) in [5.74, 6) is 1.73. The Labute approximate surface area is 164 Å². The zero-order chi connectivity index (χ0) is 18.4. The molecule has 1 aromatic rings. The second-order valence-electron chi connectivity index (χ2n) is 6.97. The van der Waals surface area contributed by atoms with Gasteiger partial charge in [0.1, 0.15) is 0 Å². The van der Waals surface area contributed by atoms with Crippen LogP contribution in [0.3, 0.4) is 0 Å². The molecule has 2 aliphatic heterocycles. The Bertz CT molecular complexity index is 629. The molecule has 0 aromatic heterocycles. The van der Waals surface area contributed by atoms with Gasteiger partial charge in [0.2, 0.25) is 0 Å². The van der Waals surface area contributed by atoms with Crippen LogP contribution in [0.25, 0.3) is 0 Å². The van der Waals surface area contributed by atoms with Crippen LogP contribution in [0.2, 0.25) is 5.02 Å². The van der Waals surface area contributed by atoms with Gasteiger partial charge in [0, 0.05) is 12.6 Å². The summed E-state index contributed by atoms with van der Waals surface area (Å²) >= 11 is 8.06. The highest BCUT2D eigenvalue weighted by atomic mass is 35.5. The van der Waals surface area contributed by atoms with E-state index in [1.54, 1.807) is 24.3 Å². The highest BCUT2D eigenvalue weighted by molar-refractivity contribution is 7.99. The van der Waals surface area contributed by atoms with E-state index in [-0.39, 0.29) is 0 Å². The Morgan fingerprint density at radius 3 is 2.46 bits per heavy atom. The van der Waals surface area contributed by atoms with Crippen molar-refractivity contribution < 1.29 is 9.59 Å². The van der Waals surface area contributed by atoms with Crippen molar-refractivity contribution in [3.05, 3.63) is 29.3 Å². The van der Waals surface area contributed by atoms with Crippen molar-refractivity contribution in [2.24, 2.45) is 5.92 Å². The molecule has 5 nitrogen and oxygen atoms in total. The Morgan fingerprint density at radius 1 is 1.08 bits per heavy atom. The predicted octanol–water partition coefficient (Wildman–Crippen LogP) is 3.00. The maximum Gasteiger partial charge on any atom is 0.313 e. The Hall–Kier alpha value is -1.24. The molecule has 7 heteroatoms. The first-order valence-electron chi connectivity index (χ1n) is 9.29. The standard InChI is InChI=1S/C19H26ClN3O2S/c20-16-3-1-2-4-17(16)22-19(25)18(24)21-13-14-5-9-23(10-6-14)15-7-11-26-12-8-15/h1-4,14-15H,5-13H2,(H,21,24)(H,22,25). The third-order valence-corrected chi connectivity index (χ3v) is 6.61. The first kappa shape index (κ1) is 19.5. The van der Waals surface area contributed by atoms with Gasteiger partial charge in [-0.3, -0.25) is 9.59 Å². The van der Waals surface area contributed by atoms with Gasteiger partial charge in [-0.05, 0) is 68.3 Å². The number of piperidine rings is 1. The van der Waals surface area contributed by atoms with Gasteiger partial charge in [-0.15, -0.1) is 0 Å². The number of likely N-dealkylation sites (tertiary alicyclic amines) is 1. The number of para-hydroxylation sites is 1. The van der Waals surface area contributed by atoms with Crippen LogP contribution in [0, 0.1) is 5.92 Å². The highest BCUT2D eigenvalue weighted by Crippen LogP contribution is 2.26. The van der Waals surface area contributed by atoms with Crippen LogP contribution >= 0.6 is 23.4 Å². The number of benzene rings is 1. The van der Waals surface area contributed by atoms with E-state index in [1.807, 2.05) is 0 Å². The normalized spacial score (nSPS) is 19.9. The summed E-state index contributed by atoms with van der Waals surface area (Å²) in [5.41, 5.74) is 0.452. The molecule has 2 saturated heterocycles. The molecule has 142 valence electrons. The molecule has 2 aliphatic rings. The van der Waals surface area contributed by atoms with Crippen LogP contribution in [-0.2, 0) is 9.59 Å². The molecule has 0 aliphatic carbocycles. The highest BCUT2D eigenvalue weighted by Gasteiger charge is 2.27. The Kier molecular flexibility index (Phi) is 7.23. The number of rotatable bonds is 4. The van der Waals surface area contributed by atoms with Crippen molar-refractivity contribution in [2.75, 3.05) is 36.5 Å². The van der Waals surface area contributed by atoms with Gasteiger partial charge in [-0.2, -0.15) is 11.8 Å². The molecule has 2 amide bonds. The van der Waals surface area contributed by atoms with Gasteiger partial charge in [-0.25, -0.2) is 0 Å². The van der Waals surface area contributed by atoms with Crippen molar-refractivity contribution in [3.8, 4) is 0 Å². The maximum atomic E-state index is 12.0. The number of nitrogens with one attached hydrogen (secondary N) is 2. The lowest BCUT2D eigenvalue weighted by atomic mass is 9.94. The smallest absolute Gasteiger partial charge is 0.313 e. The summed E-state index contributed by atoms with van der Waals surface area (Å²) in [7, 11) is 0. The lowest BCUT2D eigenvalue weighted by molar-refractivity contribution is -0.136. The number of halogens is 1. The van der Waals surface area contributed by atoms with Crippen molar-refractivity contribution >= 4 is 40.9 Å². The van der Waals surface area contributed by atoms with Crippen LogP contribution in [0.4, 0.5) is 5.69 Å². The zero-order valence-electron chi connectivity index (χ0n) is 14.9. The maximum absolute atomic E-state index is 12.0. The molecule has 0 unspecified atom stereocenters. The second kappa shape index (κ2) is 9.62. The summed E-state index contributed by atoms with van der Waals surface area (Å²) in [5, 5.41) is 5.74. The van der Waals surface area contributed by atoms with E-state index in [0.717, 1.165) is 32.0 Å². The number of nitrogens with zero attached hydrogens (tertiary/aromatic N) is 1. The predicted molar refractivity (Wildman–Crippen MR) is 108 cm³/mol. The van der Waals surface area contributed by atoms with Crippen molar-refractivity contribution in [2.45, 2.75) is 31.7 Å². The molecule has 0 bridgehead atoms. The molecular formula is C19H26ClN3O2S. The molecule has 3 rings (SSSR count). The molecule has 1 aromatic carbocycles. The van der Waals surface area contributed by atoms with Gasteiger partial charge in [-0.1, -0.05) is 23.7 Å². The minimum atomic E-state index is -0.671. The molecule has 0 spiro atoms. The van der Waals surface area contributed by atoms with E-state index >= 15 is 0 Å². The van der Waals surface area contributed by atoms with Crippen LogP contribution in [0.5, 0.6) is 0 Å². The number of amides is 2. The SMILES string of the molecule is O=C(NCC1CCN(C2CCSCC2)CC1)C(=O)Nc1ccccc1Cl. The fourth-order valence-corrected chi connectivity index (χ4v) is 4.90. The van der Waals surface area contributed by atoms with E-state index < -0.39 is 11.8 Å². The number of hydrogen-bond donors (Lipinski definition) is 2. The summed E-state index contributed by atoms with van der Waals surface area (Å²) in [4.78, 5) is 26.7. The fourth-order valence-electron chi connectivity index (χ4n) is 3.63. The minimum Gasteiger partial charge on any atom is -0.348 e. The molecular weight excluding hydrogens is 370 g/mol. The van der Waals surface area contributed by atoms with Crippen molar-refractivity contribution in [1.82, 2.24) is 10.2 Å². The van der Waals surface area contributed by atoms with E-state index in [2.05, 4.69) is 27.3 Å². The van der Waals surface area contributed by atoms with Crippen molar-refractivity contribution in [1.29, 1.82) is 0 Å². The topological polar surface area (TPSA) is 61.4 Å². The number of hydrogen-bond acceptors (Lipinski definition) is 4. The first-order chi connectivity index (χ1) is 12.6. The van der Waals surface area contributed by atoms with E-state index in [0.29, 0.717) is 23.2 Å². The van der Waals surface area contributed by atoms with Gasteiger partial charge >= 0.3 is 11.8 Å². The van der Waals surface area contributed by atoms with E-state index in [9.17, 15) is 9.59 Å². The summed E-state index contributed by atoms with van der Waals surface area (Å²) < 4.78 is 0. The van der Waals surface area contributed by atoms with Gasteiger partial charge in [0.15, 0.2) is 0 Å². The molecule has 2 heterocycles. The summed E-state index contributed by atoms with van der Waals surface area (Å²) in [6.07, 6.45) is 4.76. The largest absolute Gasteiger partial charge is 0.348 e. The summed E-state index contributed by atoms with van der Waals surface area (Å²) in [6, 6.07) is 7.63. The van der Waals surface area contributed by atoms with E-state index in [1.165, 1.54) is 24.3 Å². The Morgan fingerprint density at radius 2 is 1.77 bits per heavy atom. The number of carbonyl (C=O) groups is 2. The van der Waals surface area contributed by atoms with Crippen LogP contribution in [-0.4, -0.2) is 53.9 Å². The summed E-state index contributed by atoms with van der Waals surface area (Å²) in [6.45, 7) is 2.76. The zero-order valence-corrected chi connectivity index (χ0v) is 16.5. The monoisotopic (exact) mass is 395 g/mol. The quantitative estimate of drug-likeness (QED) is 0.769. The third-order valence-electron chi connectivity index (χ3n) is 5.24. The molecule has 2 N–H and O–H groups in total. The minimum absolute atomic E-state index is 0.419. The average molecular weight is 396 g/mol. The van der Waals surface area contributed by atoms with E-state index in [4.69, 9.17) is 11.6 Å². The molecule has 0 saturated carbocycles. The third kappa shape index (κ3) is 5.38. The fraction of sp³-hybridized carbons (Fsp3) is 0.579. The van der Waals surface area contributed by atoms with Gasteiger partial charge < -0.3 is 15.5 Å². The number of anilines is 1. The Balaban J connectivity index is 1.38. The van der Waals surface area contributed by atoms with Gasteiger partial charge in [0.25, 0.3) is 0 Å². The van der Waals surface area contributed by atoms with Crippen molar-refractivity contribution in [3.63, 3.8) is 0 Å². The van der Waals surface area contributed by atoms with Crippen LogP contribution in [0.1, 0.15) is 25.7 Å². The van der Waals surface area contributed by atoms with Crippen LogP contribution < -0.4 is 10.6 Å². The lowest BCUT2D eigenvalue weighted by Gasteiger charge is -2.39. The van der Waals surface area contributed by atoms with Crippen LogP contribution in [0.15, 0.2) is 24.3 Å². The molecule has 26 heavy (non-hydrogen) atoms. The lowest BCUT2D eigenvalue weighted by Crippen LogP contribution is -2.45. The van der Waals surface area contributed by atoms with Gasteiger partial charge in [0.05, 0.1) is 10.7 Å². The first-order valence-corrected chi connectivity index (χ1v) is 10.8. The number of carbonyl (C=O) groups excluding carboxylic acids is 2.